The van der Waals surface area contributed by atoms with Crippen LogP contribution in [0.1, 0.15) is 46.8 Å². The first kappa shape index (κ1) is 31.0. The van der Waals surface area contributed by atoms with Crippen molar-refractivity contribution in [3.05, 3.63) is 125 Å². The number of para-hydroxylation sites is 1. The van der Waals surface area contributed by atoms with Gasteiger partial charge >= 0.3 is 5.97 Å². The summed E-state index contributed by atoms with van der Waals surface area (Å²) in [6, 6.07) is 30.9. The van der Waals surface area contributed by atoms with Gasteiger partial charge < -0.3 is 19.7 Å². The number of hydrogen-bond donors (Lipinski definition) is 1. The third-order valence-electron chi connectivity index (χ3n) is 7.08. The van der Waals surface area contributed by atoms with Crippen LogP contribution < -0.4 is 15.0 Å². The number of ketones is 1. The molecule has 0 unspecified atom stereocenters. The van der Waals surface area contributed by atoms with Gasteiger partial charge in [0.1, 0.15) is 18.4 Å². The first-order valence-corrected chi connectivity index (χ1v) is 14.5. The number of carbonyl (C=O) groups excluding carboxylic acids is 3. The normalized spacial score (nSPS) is 11.3. The van der Waals surface area contributed by atoms with Gasteiger partial charge in [-0.25, -0.2) is 4.79 Å². The van der Waals surface area contributed by atoms with Crippen LogP contribution in [-0.2, 0) is 20.7 Å². The third kappa shape index (κ3) is 8.55. The largest absolute Gasteiger partial charge is 0.492 e. The second kappa shape index (κ2) is 15.4. The van der Waals surface area contributed by atoms with Crippen LogP contribution in [0.15, 0.2) is 103 Å². The van der Waals surface area contributed by atoms with E-state index in [0.717, 1.165) is 23.2 Å². The fraction of sp³-hybridized carbons (Fsp3) is 0.250. The van der Waals surface area contributed by atoms with Crippen LogP contribution in [0, 0.1) is 6.92 Å². The summed E-state index contributed by atoms with van der Waals surface area (Å²) in [4.78, 5) is 40.5. The SMILES string of the molecule is CCCC(=O)N(CCOc1ccc(C[C@H](Nc2ccccc2C(=O)c2ccccc2)C(=O)OC)cc1)c1ccc(C)cc1. The number of aryl methyl sites for hydroxylation is 1. The molecule has 7 nitrogen and oxygen atoms in total. The van der Waals surface area contributed by atoms with Crippen molar-refractivity contribution >= 4 is 29.0 Å². The number of anilines is 2. The summed E-state index contributed by atoms with van der Waals surface area (Å²) in [5.41, 5.74) is 4.49. The average Bonchev–Trinajstić information content (AvgIpc) is 3.04. The van der Waals surface area contributed by atoms with E-state index in [2.05, 4.69) is 5.32 Å². The zero-order valence-electron chi connectivity index (χ0n) is 24.9. The highest BCUT2D eigenvalue weighted by Crippen LogP contribution is 2.23. The van der Waals surface area contributed by atoms with Gasteiger partial charge in [-0.15, -0.1) is 0 Å². The van der Waals surface area contributed by atoms with E-state index in [1.54, 1.807) is 35.2 Å². The molecule has 0 aliphatic rings. The van der Waals surface area contributed by atoms with Crippen molar-refractivity contribution in [2.45, 2.75) is 39.2 Å². The lowest BCUT2D eigenvalue weighted by molar-refractivity contribution is -0.141. The van der Waals surface area contributed by atoms with Crippen molar-refractivity contribution in [2.75, 3.05) is 30.5 Å². The van der Waals surface area contributed by atoms with E-state index in [-0.39, 0.29) is 11.7 Å². The van der Waals surface area contributed by atoms with Crippen LogP contribution in [0.25, 0.3) is 0 Å². The van der Waals surface area contributed by atoms with Crippen LogP contribution in [0.4, 0.5) is 11.4 Å². The van der Waals surface area contributed by atoms with E-state index in [4.69, 9.17) is 9.47 Å². The van der Waals surface area contributed by atoms with E-state index < -0.39 is 12.0 Å². The number of nitrogens with zero attached hydrogens (tertiary/aromatic N) is 1. The minimum Gasteiger partial charge on any atom is -0.492 e. The zero-order valence-corrected chi connectivity index (χ0v) is 24.9. The third-order valence-corrected chi connectivity index (χ3v) is 7.08. The highest BCUT2D eigenvalue weighted by Gasteiger charge is 2.23. The average molecular weight is 579 g/mol. The molecule has 1 amide bonds. The van der Waals surface area contributed by atoms with Crippen molar-refractivity contribution in [1.29, 1.82) is 0 Å². The molecule has 222 valence electrons. The van der Waals surface area contributed by atoms with E-state index in [1.165, 1.54) is 7.11 Å². The molecule has 4 rings (SSSR count). The number of esters is 1. The number of hydrogen-bond acceptors (Lipinski definition) is 6. The quantitative estimate of drug-likeness (QED) is 0.134. The highest BCUT2D eigenvalue weighted by atomic mass is 16.5. The Balaban J connectivity index is 1.41. The van der Waals surface area contributed by atoms with Gasteiger partial charge in [0.05, 0.1) is 13.7 Å². The molecule has 0 saturated carbocycles. The lowest BCUT2D eigenvalue weighted by Crippen LogP contribution is -2.34. The molecule has 1 N–H and O–H groups in total. The fourth-order valence-electron chi connectivity index (χ4n) is 4.76. The van der Waals surface area contributed by atoms with Gasteiger partial charge in [0.2, 0.25) is 5.91 Å². The Bertz CT molecular complexity index is 1500. The number of methoxy groups -OCH3 is 1. The summed E-state index contributed by atoms with van der Waals surface area (Å²) in [5.74, 6) is 0.164. The minimum atomic E-state index is -0.714. The Kier molecular flexibility index (Phi) is 11.1. The van der Waals surface area contributed by atoms with Crippen molar-refractivity contribution in [3.63, 3.8) is 0 Å². The van der Waals surface area contributed by atoms with Gasteiger partial charge in [-0.3, -0.25) is 9.59 Å². The molecule has 0 saturated heterocycles. The molecule has 0 aromatic heterocycles. The molecule has 4 aromatic carbocycles. The van der Waals surface area contributed by atoms with Gasteiger partial charge in [-0.2, -0.15) is 0 Å². The molecule has 43 heavy (non-hydrogen) atoms. The number of nitrogens with one attached hydrogen (secondary N) is 1. The maximum absolute atomic E-state index is 13.2. The summed E-state index contributed by atoms with van der Waals surface area (Å²) in [5, 5.41) is 3.23. The van der Waals surface area contributed by atoms with Crippen molar-refractivity contribution < 1.29 is 23.9 Å². The van der Waals surface area contributed by atoms with Gasteiger partial charge in [0.15, 0.2) is 5.78 Å². The van der Waals surface area contributed by atoms with Crippen LogP contribution >= 0.6 is 0 Å². The number of carbonyl (C=O) groups is 3. The Morgan fingerprint density at radius 2 is 1.51 bits per heavy atom. The van der Waals surface area contributed by atoms with Crippen molar-refractivity contribution in [3.8, 4) is 5.75 Å². The predicted molar refractivity (Wildman–Crippen MR) is 170 cm³/mol. The first-order valence-electron chi connectivity index (χ1n) is 14.5. The fourth-order valence-corrected chi connectivity index (χ4v) is 4.76. The van der Waals surface area contributed by atoms with Gasteiger partial charge in [0, 0.05) is 35.3 Å². The summed E-state index contributed by atoms with van der Waals surface area (Å²) < 4.78 is 11.1. The van der Waals surface area contributed by atoms with Gasteiger partial charge in [0.25, 0.3) is 0 Å². The second-order valence-electron chi connectivity index (χ2n) is 10.3. The standard InChI is InChI=1S/C36H38N2O5/c1-4-10-34(39)38(29-19-15-26(2)16-20-29)23-24-43-30-21-17-27(18-22-30)25-33(36(41)42-3)37-32-14-9-8-13-31(32)35(40)28-11-6-5-7-12-28/h5-9,11-22,33,37H,4,10,23-25H2,1-3H3/t33-/m0/s1. The zero-order chi connectivity index (χ0) is 30.6. The molecule has 0 radical (unpaired) electrons. The highest BCUT2D eigenvalue weighted by molar-refractivity contribution is 6.12. The molecule has 4 aromatic rings. The number of ether oxygens (including phenoxy) is 2. The molecule has 1 atom stereocenters. The topological polar surface area (TPSA) is 84.9 Å². The van der Waals surface area contributed by atoms with Crippen LogP contribution in [0.3, 0.4) is 0 Å². The molecule has 0 spiro atoms. The van der Waals surface area contributed by atoms with Gasteiger partial charge in [-0.05, 0) is 55.3 Å². The van der Waals surface area contributed by atoms with E-state index in [9.17, 15) is 14.4 Å². The lowest BCUT2D eigenvalue weighted by atomic mass is 10.00. The smallest absolute Gasteiger partial charge is 0.328 e. The second-order valence-corrected chi connectivity index (χ2v) is 10.3. The molecular weight excluding hydrogens is 540 g/mol. The molecule has 7 heteroatoms. The number of benzene rings is 4. The summed E-state index contributed by atoms with van der Waals surface area (Å²) >= 11 is 0. The van der Waals surface area contributed by atoms with Crippen LogP contribution in [0.5, 0.6) is 5.75 Å². The van der Waals surface area contributed by atoms with E-state index in [0.29, 0.717) is 48.6 Å². The molecular formula is C36H38N2O5. The Morgan fingerprint density at radius 1 is 0.837 bits per heavy atom. The van der Waals surface area contributed by atoms with Gasteiger partial charge in [-0.1, -0.05) is 79.2 Å². The van der Waals surface area contributed by atoms with Crippen molar-refractivity contribution in [2.24, 2.45) is 0 Å². The minimum absolute atomic E-state index is 0.0682. The summed E-state index contributed by atoms with van der Waals surface area (Å²) in [6.07, 6.45) is 1.59. The Morgan fingerprint density at radius 3 is 2.19 bits per heavy atom. The molecule has 0 heterocycles. The molecule has 0 aliphatic carbocycles. The maximum atomic E-state index is 13.2. The van der Waals surface area contributed by atoms with E-state index in [1.807, 2.05) is 86.6 Å². The summed E-state index contributed by atoms with van der Waals surface area (Å²) in [6.45, 7) is 4.77. The molecule has 0 fully saturated rings. The molecule has 0 bridgehead atoms. The predicted octanol–water partition coefficient (Wildman–Crippen LogP) is 6.63. The maximum Gasteiger partial charge on any atom is 0.328 e. The first-order chi connectivity index (χ1) is 20.9. The number of rotatable bonds is 14. The number of amides is 1. The van der Waals surface area contributed by atoms with Crippen LogP contribution in [-0.4, -0.2) is 44.0 Å². The van der Waals surface area contributed by atoms with E-state index >= 15 is 0 Å². The Labute approximate surface area is 253 Å². The van der Waals surface area contributed by atoms with Crippen molar-refractivity contribution in [1.82, 2.24) is 0 Å². The molecule has 0 aliphatic heterocycles. The summed E-state index contributed by atoms with van der Waals surface area (Å²) in [7, 11) is 1.35. The van der Waals surface area contributed by atoms with Crippen LogP contribution in [0.2, 0.25) is 0 Å². The monoisotopic (exact) mass is 578 g/mol. The Hall–Kier alpha value is -4.91. The lowest BCUT2D eigenvalue weighted by Gasteiger charge is -2.23.